The van der Waals surface area contributed by atoms with E-state index in [-0.39, 0.29) is 11.7 Å². The maximum Gasteiger partial charge on any atom is 0.240 e. The number of anilines is 1. The summed E-state index contributed by atoms with van der Waals surface area (Å²) in [5, 5.41) is 11.2. The SMILES string of the molecule is COc1ccccc1NC(=O)[C@H]1Sc2nnc(C)n2N[C@H]1c1ccc(F)cc1. The molecular formula is C19H18FN5O2S. The van der Waals surface area contributed by atoms with Gasteiger partial charge in [-0.3, -0.25) is 4.79 Å². The lowest BCUT2D eigenvalue weighted by atomic mass is 10.0. The Morgan fingerprint density at radius 2 is 1.96 bits per heavy atom. The first-order valence-electron chi connectivity index (χ1n) is 8.61. The van der Waals surface area contributed by atoms with Crippen LogP contribution in [0.1, 0.15) is 17.4 Å². The van der Waals surface area contributed by atoms with E-state index in [4.69, 9.17) is 4.74 Å². The molecular weight excluding hydrogens is 381 g/mol. The van der Waals surface area contributed by atoms with Crippen LogP contribution in [0, 0.1) is 12.7 Å². The molecule has 28 heavy (non-hydrogen) atoms. The number of thioether (sulfide) groups is 1. The number of rotatable bonds is 4. The van der Waals surface area contributed by atoms with E-state index < -0.39 is 11.3 Å². The Morgan fingerprint density at radius 3 is 2.71 bits per heavy atom. The van der Waals surface area contributed by atoms with Gasteiger partial charge in [-0.2, -0.15) is 0 Å². The third-order valence-electron chi connectivity index (χ3n) is 4.45. The van der Waals surface area contributed by atoms with Crippen LogP contribution in [0.5, 0.6) is 5.75 Å². The van der Waals surface area contributed by atoms with Crippen molar-refractivity contribution in [2.75, 3.05) is 17.9 Å². The Bertz CT molecular complexity index is 1010. The van der Waals surface area contributed by atoms with Gasteiger partial charge in [0.1, 0.15) is 22.6 Å². The third kappa shape index (κ3) is 3.40. The van der Waals surface area contributed by atoms with E-state index in [9.17, 15) is 9.18 Å². The predicted molar refractivity (Wildman–Crippen MR) is 105 cm³/mol. The number of nitrogens with one attached hydrogen (secondary N) is 2. The molecule has 144 valence electrons. The van der Waals surface area contributed by atoms with E-state index in [2.05, 4.69) is 20.9 Å². The van der Waals surface area contributed by atoms with Crippen LogP contribution < -0.4 is 15.5 Å². The van der Waals surface area contributed by atoms with Crippen LogP contribution in [0.2, 0.25) is 0 Å². The zero-order valence-corrected chi connectivity index (χ0v) is 16.0. The molecule has 2 heterocycles. The fourth-order valence-corrected chi connectivity index (χ4v) is 4.16. The lowest BCUT2D eigenvalue weighted by Crippen LogP contribution is -2.41. The van der Waals surface area contributed by atoms with E-state index in [1.54, 1.807) is 36.1 Å². The van der Waals surface area contributed by atoms with Crippen LogP contribution in [0.4, 0.5) is 10.1 Å². The summed E-state index contributed by atoms with van der Waals surface area (Å²) in [7, 11) is 1.55. The number of amides is 1. The first-order chi connectivity index (χ1) is 13.6. The predicted octanol–water partition coefficient (Wildman–Crippen LogP) is 3.13. The van der Waals surface area contributed by atoms with Crippen molar-refractivity contribution in [3.05, 3.63) is 65.7 Å². The zero-order valence-electron chi connectivity index (χ0n) is 15.2. The minimum Gasteiger partial charge on any atom is -0.495 e. The summed E-state index contributed by atoms with van der Waals surface area (Å²) in [4.78, 5) is 13.1. The van der Waals surface area contributed by atoms with Crippen molar-refractivity contribution in [3.8, 4) is 5.75 Å². The molecule has 1 aromatic heterocycles. The van der Waals surface area contributed by atoms with Gasteiger partial charge >= 0.3 is 0 Å². The number of hydrogen-bond acceptors (Lipinski definition) is 6. The van der Waals surface area contributed by atoms with E-state index in [1.165, 1.54) is 23.9 Å². The summed E-state index contributed by atoms with van der Waals surface area (Å²) in [6.07, 6.45) is 0. The van der Waals surface area contributed by atoms with Gasteiger partial charge in [0.25, 0.3) is 0 Å². The molecule has 0 saturated heterocycles. The number of methoxy groups -OCH3 is 1. The number of hydrogen-bond donors (Lipinski definition) is 2. The van der Waals surface area contributed by atoms with Gasteiger partial charge in [0.2, 0.25) is 11.1 Å². The van der Waals surface area contributed by atoms with Crippen molar-refractivity contribution < 1.29 is 13.9 Å². The van der Waals surface area contributed by atoms with Crippen molar-refractivity contribution in [2.24, 2.45) is 0 Å². The number of nitrogens with zero attached hydrogens (tertiary/aromatic N) is 3. The van der Waals surface area contributed by atoms with Crippen LogP contribution in [0.3, 0.4) is 0 Å². The molecule has 3 aromatic rings. The normalized spacial score (nSPS) is 18.1. The quantitative estimate of drug-likeness (QED) is 0.702. The third-order valence-corrected chi connectivity index (χ3v) is 5.67. The summed E-state index contributed by atoms with van der Waals surface area (Å²) in [5.41, 5.74) is 4.65. The number of halogens is 1. The molecule has 4 rings (SSSR count). The molecule has 0 fully saturated rings. The molecule has 1 aliphatic rings. The van der Waals surface area contributed by atoms with Gasteiger partial charge in [0, 0.05) is 0 Å². The van der Waals surface area contributed by atoms with Crippen LogP contribution in [-0.2, 0) is 4.79 Å². The molecule has 9 heteroatoms. The Hall–Kier alpha value is -3.07. The van der Waals surface area contributed by atoms with Gasteiger partial charge in [-0.05, 0) is 36.8 Å². The molecule has 1 amide bonds. The van der Waals surface area contributed by atoms with Crippen LogP contribution >= 0.6 is 11.8 Å². The lowest BCUT2D eigenvalue weighted by molar-refractivity contribution is -0.116. The van der Waals surface area contributed by atoms with Crippen LogP contribution in [0.15, 0.2) is 53.7 Å². The van der Waals surface area contributed by atoms with Crippen LogP contribution in [0.25, 0.3) is 0 Å². The van der Waals surface area contributed by atoms with E-state index in [0.717, 1.165) is 5.56 Å². The van der Waals surface area contributed by atoms with Crippen molar-refractivity contribution in [2.45, 2.75) is 23.4 Å². The fraction of sp³-hybridized carbons (Fsp3) is 0.211. The summed E-state index contributed by atoms with van der Waals surface area (Å²) < 4.78 is 20.4. The standard InChI is InChI=1S/C19H18FN5O2S/c1-11-22-23-19-25(11)24-16(12-7-9-13(20)10-8-12)17(28-19)18(26)21-14-5-3-4-6-15(14)27-2/h3-10,16-17,24H,1-2H3,(H,21,26)/t16-,17-/m0/s1. The number of aryl methyl sites for hydroxylation is 1. The number of ether oxygens (including phenoxy) is 1. The Balaban J connectivity index is 1.67. The lowest BCUT2D eigenvalue weighted by Gasteiger charge is -2.32. The van der Waals surface area contributed by atoms with Gasteiger partial charge in [0.05, 0.1) is 18.8 Å². The monoisotopic (exact) mass is 399 g/mol. The highest BCUT2D eigenvalue weighted by Gasteiger charge is 2.37. The minimum atomic E-state index is -0.550. The fourth-order valence-electron chi connectivity index (χ4n) is 3.03. The second kappa shape index (κ2) is 7.51. The van der Waals surface area contributed by atoms with Crippen molar-refractivity contribution in [1.29, 1.82) is 0 Å². The number of benzene rings is 2. The Morgan fingerprint density at radius 1 is 1.21 bits per heavy atom. The molecule has 0 radical (unpaired) electrons. The second-order valence-corrected chi connectivity index (χ2v) is 7.36. The van der Waals surface area contributed by atoms with E-state index in [0.29, 0.717) is 22.4 Å². The average molecular weight is 399 g/mol. The molecule has 7 nitrogen and oxygen atoms in total. The molecule has 2 N–H and O–H groups in total. The van der Waals surface area contributed by atoms with Gasteiger partial charge in [-0.15, -0.1) is 10.2 Å². The van der Waals surface area contributed by atoms with Crippen molar-refractivity contribution >= 4 is 23.4 Å². The number of carbonyl (C=O) groups excluding carboxylic acids is 1. The number of carbonyl (C=O) groups is 1. The largest absolute Gasteiger partial charge is 0.495 e. The number of fused-ring (bicyclic) bond motifs is 1. The first kappa shape index (κ1) is 18.3. The average Bonchev–Trinajstić information content (AvgIpc) is 3.08. The molecule has 0 saturated carbocycles. The Kier molecular flexibility index (Phi) is 4.91. The Labute approximate surface area is 165 Å². The molecule has 2 aromatic carbocycles. The van der Waals surface area contributed by atoms with Crippen molar-refractivity contribution in [3.63, 3.8) is 0 Å². The molecule has 1 aliphatic heterocycles. The van der Waals surface area contributed by atoms with Gasteiger partial charge < -0.3 is 15.5 Å². The van der Waals surface area contributed by atoms with E-state index >= 15 is 0 Å². The van der Waals surface area contributed by atoms with Crippen molar-refractivity contribution in [1.82, 2.24) is 14.9 Å². The summed E-state index contributed by atoms with van der Waals surface area (Å²) >= 11 is 1.31. The van der Waals surface area contributed by atoms with Crippen LogP contribution in [-0.4, -0.2) is 33.1 Å². The molecule has 0 bridgehead atoms. The smallest absolute Gasteiger partial charge is 0.240 e. The second-order valence-electron chi connectivity index (χ2n) is 6.25. The topological polar surface area (TPSA) is 81.1 Å². The number of para-hydroxylation sites is 2. The number of aromatic nitrogens is 3. The van der Waals surface area contributed by atoms with Gasteiger partial charge in [-0.25, -0.2) is 9.07 Å². The molecule has 0 spiro atoms. The summed E-state index contributed by atoms with van der Waals surface area (Å²) in [5.74, 6) is 0.701. The minimum absolute atomic E-state index is 0.219. The maximum absolute atomic E-state index is 13.4. The van der Waals surface area contributed by atoms with Gasteiger partial charge in [-0.1, -0.05) is 36.0 Å². The highest BCUT2D eigenvalue weighted by Crippen LogP contribution is 2.38. The molecule has 0 unspecified atom stereocenters. The molecule has 2 atom stereocenters. The highest BCUT2D eigenvalue weighted by atomic mass is 32.2. The maximum atomic E-state index is 13.4. The summed E-state index contributed by atoms with van der Waals surface area (Å²) in [6, 6.07) is 12.9. The zero-order chi connectivity index (χ0) is 19.7. The first-order valence-corrected chi connectivity index (χ1v) is 9.49. The molecule has 0 aliphatic carbocycles. The van der Waals surface area contributed by atoms with E-state index in [1.807, 2.05) is 19.1 Å². The highest BCUT2D eigenvalue weighted by molar-refractivity contribution is 8.00. The van der Waals surface area contributed by atoms with Gasteiger partial charge in [0.15, 0.2) is 0 Å². The summed E-state index contributed by atoms with van der Waals surface area (Å²) in [6.45, 7) is 1.82.